The number of nitrogens with zero attached hydrogens (tertiary/aromatic N) is 2. The van der Waals surface area contributed by atoms with Crippen LogP contribution in [0.4, 0.5) is 0 Å². The molecule has 1 atom stereocenters. The van der Waals surface area contributed by atoms with Gasteiger partial charge in [0.2, 0.25) is 0 Å². The van der Waals surface area contributed by atoms with Crippen molar-refractivity contribution in [3.63, 3.8) is 0 Å². The topological polar surface area (TPSA) is 17.8 Å². The standard InChI is InChI=1S/C12H21ClN2/c1-3-6-11(13)7-4-5-8-12-9-10-14-15(12)2/h9-11H,3-8H2,1-2H3. The van der Waals surface area contributed by atoms with Gasteiger partial charge in [-0.15, -0.1) is 11.6 Å². The van der Waals surface area contributed by atoms with Gasteiger partial charge in [0.1, 0.15) is 0 Å². The van der Waals surface area contributed by atoms with Crippen LogP contribution in [-0.4, -0.2) is 15.2 Å². The number of unbranched alkanes of at least 4 members (excludes halogenated alkanes) is 1. The molecule has 1 rings (SSSR count). The molecule has 86 valence electrons. The molecule has 0 saturated heterocycles. The second kappa shape index (κ2) is 6.89. The highest BCUT2D eigenvalue weighted by Gasteiger charge is 2.03. The first kappa shape index (κ1) is 12.6. The summed E-state index contributed by atoms with van der Waals surface area (Å²) in [6, 6.07) is 2.09. The SMILES string of the molecule is CCCC(Cl)CCCCc1ccnn1C. The average Bonchev–Trinajstić information content (AvgIpc) is 2.60. The van der Waals surface area contributed by atoms with Crippen molar-refractivity contribution in [1.29, 1.82) is 0 Å². The van der Waals surface area contributed by atoms with Crippen LogP contribution in [0.25, 0.3) is 0 Å². The van der Waals surface area contributed by atoms with Crippen LogP contribution in [0.15, 0.2) is 12.3 Å². The first-order valence-electron chi connectivity index (χ1n) is 5.85. The molecule has 1 heterocycles. The van der Waals surface area contributed by atoms with E-state index in [1.807, 2.05) is 17.9 Å². The molecule has 1 aromatic heterocycles. The Labute approximate surface area is 97.6 Å². The molecule has 2 nitrogen and oxygen atoms in total. The molecule has 0 N–H and O–H groups in total. The predicted octanol–water partition coefficient (Wildman–Crippen LogP) is 3.54. The van der Waals surface area contributed by atoms with Crippen LogP contribution in [0.1, 0.15) is 44.7 Å². The fourth-order valence-electron chi connectivity index (χ4n) is 1.78. The van der Waals surface area contributed by atoms with Gasteiger partial charge in [0.25, 0.3) is 0 Å². The van der Waals surface area contributed by atoms with E-state index in [-0.39, 0.29) is 0 Å². The summed E-state index contributed by atoms with van der Waals surface area (Å²) in [4.78, 5) is 0. The Morgan fingerprint density at radius 2 is 2.20 bits per heavy atom. The largest absolute Gasteiger partial charge is 0.273 e. The van der Waals surface area contributed by atoms with Crippen molar-refractivity contribution in [1.82, 2.24) is 9.78 Å². The number of halogens is 1. The molecule has 15 heavy (non-hydrogen) atoms. The van der Waals surface area contributed by atoms with E-state index in [1.54, 1.807) is 0 Å². The smallest absolute Gasteiger partial charge is 0.0492 e. The maximum absolute atomic E-state index is 6.16. The maximum Gasteiger partial charge on any atom is 0.0492 e. The Hall–Kier alpha value is -0.500. The summed E-state index contributed by atoms with van der Waals surface area (Å²) in [7, 11) is 2.00. The van der Waals surface area contributed by atoms with E-state index in [9.17, 15) is 0 Å². The molecule has 0 bridgehead atoms. The highest BCUT2D eigenvalue weighted by atomic mass is 35.5. The van der Waals surface area contributed by atoms with E-state index >= 15 is 0 Å². The van der Waals surface area contributed by atoms with Gasteiger partial charge in [-0.1, -0.05) is 19.8 Å². The van der Waals surface area contributed by atoms with Crippen LogP contribution in [0, 0.1) is 0 Å². The lowest BCUT2D eigenvalue weighted by molar-refractivity contribution is 0.598. The van der Waals surface area contributed by atoms with Crippen molar-refractivity contribution in [2.24, 2.45) is 7.05 Å². The van der Waals surface area contributed by atoms with Crippen LogP contribution in [0.5, 0.6) is 0 Å². The lowest BCUT2D eigenvalue weighted by Gasteiger charge is -2.07. The van der Waals surface area contributed by atoms with Crippen molar-refractivity contribution in [2.75, 3.05) is 0 Å². The molecule has 1 unspecified atom stereocenters. The minimum Gasteiger partial charge on any atom is -0.273 e. The summed E-state index contributed by atoms with van der Waals surface area (Å²) in [6.07, 6.45) is 8.89. The molecule has 0 saturated carbocycles. The molecule has 0 aromatic carbocycles. The minimum absolute atomic E-state index is 0.376. The summed E-state index contributed by atoms with van der Waals surface area (Å²) in [5.41, 5.74) is 1.32. The van der Waals surface area contributed by atoms with Crippen molar-refractivity contribution >= 4 is 11.6 Å². The monoisotopic (exact) mass is 228 g/mol. The number of aryl methyl sites for hydroxylation is 2. The number of rotatable bonds is 7. The summed E-state index contributed by atoms with van der Waals surface area (Å²) in [5, 5.41) is 4.53. The molecule has 0 aliphatic heterocycles. The molecule has 3 heteroatoms. The van der Waals surface area contributed by atoms with E-state index in [1.165, 1.54) is 25.0 Å². The normalized spacial score (nSPS) is 13.0. The van der Waals surface area contributed by atoms with Crippen LogP contribution < -0.4 is 0 Å². The summed E-state index contributed by atoms with van der Waals surface area (Å²) >= 11 is 6.16. The number of alkyl halides is 1. The van der Waals surface area contributed by atoms with Crippen LogP contribution in [0.3, 0.4) is 0 Å². The Bertz CT molecular complexity index is 270. The van der Waals surface area contributed by atoms with Gasteiger partial charge in [0.15, 0.2) is 0 Å². The van der Waals surface area contributed by atoms with Crippen LogP contribution in [-0.2, 0) is 13.5 Å². The van der Waals surface area contributed by atoms with Crippen molar-refractivity contribution in [2.45, 2.75) is 50.8 Å². The number of aromatic nitrogens is 2. The van der Waals surface area contributed by atoms with Gasteiger partial charge < -0.3 is 0 Å². The molecular formula is C12H21ClN2. The van der Waals surface area contributed by atoms with Gasteiger partial charge in [-0.2, -0.15) is 5.10 Å². The Balaban J connectivity index is 2.09. The first-order chi connectivity index (χ1) is 7.24. The Kier molecular flexibility index (Phi) is 5.77. The highest BCUT2D eigenvalue weighted by Crippen LogP contribution is 2.14. The third-order valence-electron chi connectivity index (χ3n) is 2.72. The van der Waals surface area contributed by atoms with E-state index in [0.29, 0.717) is 5.38 Å². The highest BCUT2D eigenvalue weighted by molar-refractivity contribution is 6.20. The average molecular weight is 229 g/mol. The van der Waals surface area contributed by atoms with Crippen LogP contribution >= 0.6 is 11.6 Å². The quantitative estimate of drug-likeness (QED) is 0.516. The lowest BCUT2D eigenvalue weighted by Crippen LogP contribution is -2.00. The Morgan fingerprint density at radius 1 is 1.40 bits per heavy atom. The molecule has 0 spiro atoms. The maximum atomic E-state index is 6.16. The third-order valence-corrected chi connectivity index (χ3v) is 3.16. The molecule has 0 aliphatic rings. The van der Waals surface area contributed by atoms with Crippen molar-refractivity contribution in [3.05, 3.63) is 18.0 Å². The van der Waals surface area contributed by atoms with Crippen molar-refractivity contribution in [3.8, 4) is 0 Å². The lowest BCUT2D eigenvalue weighted by atomic mass is 10.1. The van der Waals surface area contributed by atoms with Gasteiger partial charge in [0, 0.05) is 24.3 Å². The molecule has 0 aliphatic carbocycles. The first-order valence-corrected chi connectivity index (χ1v) is 6.28. The second-order valence-electron chi connectivity index (χ2n) is 4.08. The molecule has 0 radical (unpaired) electrons. The second-order valence-corrected chi connectivity index (χ2v) is 4.70. The fourth-order valence-corrected chi connectivity index (χ4v) is 2.15. The van der Waals surface area contributed by atoms with Crippen LogP contribution in [0.2, 0.25) is 0 Å². The number of hydrogen-bond donors (Lipinski definition) is 0. The zero-order valence-corrected chi connectivity index (χ0v) is 10.5. The number of hydrogen-bond acceptors (Lipinski definition) is 1. The van der Waals surface area contributed by atoms with Gasteiger partial charge in [-0.05, 0) is 31.7 Å². The summed E-state index contributed by atoms with van der Waals surface area (Å²) in [5.74, 6) is 0. The van der Waals surface area contributed by atoms with Gasteiger partial charge in [-0.25, -0.2) is 0 Å². The fraction of sp³-hybridized carbons (Fsp3) is 0.750. The zero-order valence-electron chi connectivity index (χ0n) is 9.75. The van der Waals surface area contributed by atoms with E-state index in [0.717, 1.165) is 19.3 Å². The van der Waals surface area contributed by atoms with Gasteiger partial charge in [-0.3, -0.25) is 4.68 Å². The molecule has 1 aromatic rings. The summed E-state index contributed by atoms with van der Waals surface area (Å²) < 4.78 is 1.95. The summed E-state index contributed by atoms with van der Waals surface area (Å²) in [6.45, 7) is 2.19. The Morgan fingerprint density at radius 3 is 2.80 bits per heavy atom. The van der Waals surface area contributed by atoms with E-state index < -0.39 is 0 Å². The van der Waals surface area contributed by atoms with E-state index in [4.69, 9.17) is 11.6 Å². The molecular weight excluding hydrogens is 208 g/mol. The predicted molar refractivity (Wildman–Crippen MR) is 65.3 cm³/mol. The molecule has 0 fully saturated rings. The third kappa shape index (κ3) is 4.70. The van der Waals surface area contributed by atoms with Crippen molar-refractivity contribution < 1.29 is 0 Å². The van der Waals surface area contributed by atoms with Gasteiger partial charge in [0.05, 0.1) is 0 Å². The van der Waals surface area contributed by atoms with E-state index in [2.05, 4.69) is 18.1 Å². The minimum atomic E-state index is 0.376. The van der Waals surface area contributed by atoms with Gasteiger partial charge >= 0.3 is 0 Å². The molecule has 0 amide bonds. The zero-order chi connectivity index (χ0) is 11.1.